The summed E-state index contributed by atoms with van der Waals surface area (Å²) in [6.07, 6.45) is 8.82. The first-order valence-corrected chi connectivity index (χ1v) is 10.9. The van der Waals surface area contributed by atoms with Gasteiger partial charge in [-0.25, -0.2) is 0 Å². The molecule has 2 amide bonds. The first-order chi connectivity index (χ1) is 14.5. The first-order valence-electron chi connectivity index (χ1n) is 10.9. The molecule has 2 aliphatic rings. The number of nitrogens with one attached hydrogen (secondary N) is 1. The van der Waals surface area contributed by atoms with E-state index in [-0.39, 0.29) is 24.4 Å². The molecule has 1 N–H and O–H groups in total. The monoisotopic (exact) mass is 412 g/mol. The highest BCUT2D eigenvalue weighted by molar-refractivity contribution is 5.87. The van der Waals surface area contributed by atoms with Crippen molar-refractivity contribution < 1.29 is 19.1 Å². The Bertz CT molecular complexity index is 780. The highest BCUT2D eigenvalue weighted by Gasteiger charge is 2.44. The number of ether oxygens (including phenoxy) is 1. The second-order valence-corrected chi connectivity index (χ2v) is 8.24. The maximum Gasteiger partial charge on any atom is 0.317 e. The minimum Gasteiger partial charge on any atom is -0.455 e. The minimum atomic E-state index is -0.819. The third-order valence-corrected chi connectivity index (χ3v) is 6.27. The molecule has 1 aromatic rings. The number of esters is 1. The van der Waals surface area contributed by atoms with Crippen LogP contribution in [0, 0.1) is 0 Å². The van der Waals surface area contributed by atoms with E-state index in [1.54, 1.807) is 11.8 Å². The van der Waals surface area contributed by atoms with Gasteiger partial charge in [-0.2, -0.15) is 0 Å². The fraction of sp³-hybridized carbons (Fsp3) is 0.542. The molecular formula is C24H32N2O4. The molecule has 1 aliphatic heterocycles. The van der Waals surface area contributed by atoms with Crippen molar-refractivity contribution in [2.75, 3.05) is 26.2 Å². The van der Waals surface area contributed by atoms with Crippen molar-refractivity contribution in [1.82, 2.24) is 10.2 Å². The number of allylic oxidation sites excluding steroid dienone is 1. The van der Waals surface area contributed by atoms with Crippen molar-refractivity contribution in [1.29, 1.82) is 0 Å². The van der Waals surface area contributed by atoms with E-state index in [2.05, 4.69) is 11.4 Å². The van der Waals surface area contributed by atoms with Crippen molar-refractivity contribution in [3.05, 3.63) is 47.5 Å². The molecule has 1 heterocycles. The lowest BCUT2D eigenvalue weighted by Gasteiger charge is -2.40. The Hall–Kier alpha value is -2.63. The number of hydrogen-bond acceptors (Lipinski definition) is 4. The predicted octanol–water partition coefficient (Wildman–Crippen LogP) is 3.12. The Morgan fingerprint density at radius 2 is 1.83 bits per heavy atom. The zero-order chi connectivity index (χ0) is 21.4. The van der Waals surface area contributed by atoms with Crippen molar-refractivity contribution in [3.8, 4) is 0 Å². The summed E-state index contributed by atoms with van der Waals surface area (Å²) >= 11 is 0. The number of carbonyl (C=O) groups is 3. The van der Waals surface area contributed by atoms with Gasteiger partial charge in [0.05, 0.1) is 5.41 Å². The molecule has 0 spiro atoms. The lowest BCUT2D eigenvalue weighted by molar-refractivity contribution is -0.157. The van der Waals surface area contributed by atoms with Crippen LogP contribution in [0.5, 0.6) is 0 Å². The van der Waals surface area contributed by atoms with Gasteiger partial charge in [0, 0.05) is 26.6 Å². The molecule has 6 heteroatoms. The summed E-state index contributed by atoms with van der Waals surface area (Å²) in [5.74, 6) is -0.649. The number of nitrogens with zero attached hydrogens (tertiary/aromatic N) is 1. The van der Waals surface area contributed by atoms with Gasteiger partial charge < -0.3 is 15.0 Å². The molecule has 6 nitrogen and oxygen atoms in total. The van der Waals surface area contributed by atoms with Crippen molar-refractivity contribution in [2.45, 2.75) is 57.3 Å². The van der Waals surface area contributed by atoms with Gasteiger partial charge in [0.1, 0.15) is 0 Å². The van der Waals surface area contributed by atoms with Gasteiger partial charge in [-0.3, -0.25) is 14.4 Å². The Labute approximate surface area is 178 Å². The largest absolute Gasteiger partial charge is 0.455 e. The highest BCUT2D eigenvalue weighted by atomic mass is 16.5. The summed E-state index contributed by atoms with van der Waals surface area (Å²) in [4.78, 5) is 38.8. The molecule has 0 saturated carbocycles. The maximum absolute atomic E-state index is 13.1. The molecule has 0 bridgehead atoms. The number of piperidine rings is 1. The summed E-state index contributed by atoms with van der Waals surface area (Å²) in [5, 5.41) is 2.85. The van der Waals surface area contributed by atoms with Gasteiger partial charge in [-0.15, -0.1) is 0 Å². The average Bonchev–Trinajstić information content (AvgIpc) is 2.78. The lowest BCUT2D eigenvalue weighted by atomic mass is 9.72. The molecule has 3 rings (SSSR count). The van der Waals surface area contributed by atoms with E-state index in [4.69, 9.17) is 4.74 Å². The SMILES string of the molecule is CC(=O)N1CCC(C(=O)OCC(=O)NCCC2=CCCCC2)(c2ccccc2)CC1. The topological polar surface area (TPSA) is 75.7 Å². The number of likely N-dealkylation sites (tertiary alicyclic amines) is 1. The fourth-order valence-corrected chi connectivity index (χ4v) is 4.39. The maximum atomic E-state index is 13.1. The Kier molecular flexibility index (Phi) is 7.66. The number of amides is 2. The van der Waals surface area contributed by atoms with Crippen LogP contribution in [-0.4, -0.2) is 48.9 Å². The number of carbonyl (C=O) groups excluding carboxylic acids is 3. The number of hydrogen-bond donors (Lipinski definition) is 1. The predicted molar refractivity (Wildman–Crippen MR) is 115 cm³/mol. The summed E-state index contributed by atoms with van der Waals surface area (Å²) in [5.41, 5.74) is 1.46. The van der Waals surface area contributed by atoms with E-state index >= 15 is 0 Å². The molecule has 162 valence electrons. The number of rotatable bonds is 7. The third kappa shape index (κ3) is 5.49. The molecule has 1 aromatic carbocycles. The molecule has 1 aliphatic carbocycles. The van der Waals surface area contributed by atoms with Gasteiger partial charge in [-0.05, 0) is 50.5 Å². The zero-order valence-corrected chi connectivity index (χ0v) is 17.8. The van der Waals surface area contributed by atoms with Gasteiger partial charge in [0.25, 0.3) is 5.91 Å². The van der Waals surface area contributed by atoms with Crippen LogP contribution in [0.2, 0.25) is 0 Å². The van der Waals surface area contributed by atoms with Gasteiger partial charge in [0.2, 0.25) is 5.91 Å². The van der Waals surface area contributed by atoms with Crippen LogP contribution in [0.3, 0.4) is 0 Å². The molecule has 0 radical (unpaired) electrons. The summed E-state index contributed by atoms with van der Waals surface area (Å²) in [6, 6.07) is 9.54. The van der Waals surface area contributed by atoms with Crippen molar-refractivity contribution in [3.63, 3.8) is 0 Å². The lowest BCUT2D eigenvalue weighted by Crippen LogP contribution is -2.49. The molecule has 0 atom stereocenters. The fourth-order valence-electron chi connectivity index (χ4n) is 4.39. The van der Waals surface area contributed by atoms with Gasteiger partial charge in [-0.1, -0.05) is 42.0 Å². The minimum absolute atomic E-state index is 0.0116. The van der Waals surface area contributed by atoms with E-state index < -0.39 is 5.41 Å². The van der Waals surface area contributed by atoms with E-state index in [1.165, 1.54) is 18.4 Å². The third-order valence-electron chi connectivity index (χ3n) is 6.27. The molecular weight excluding hydrogens is 380 g/mol. The Morgan fingerprint density at radius 3 is 2.47 bits per heavy atom. The molecule has 1 fully saturated rings. The average molecular weight is 413 g/mol. The van der Waals surface area contributed by atoms with Crippen LogP contribution >= 0.6 is 0 Å². The van der Waals surface area contributed by atoms with Gasteiger partial charge in [0.15, 0.2) is 6.61 Å². The zero-order valence-electron chi connectivity index (χ0n) is 17.8. The van der Waals surface area contributed by atoms with Crippen molar-refractivity contribution in [2.24, 2.45) is 0 Å². The second kappa shape index (κ2) is 10.4. The standard InChI is InChI=1S/C24H32N2O4/c1-19(27)26-16-13-24(14-17-26,21-10-6-3-7-11-21)23(29)30-18-22(28)25-15-12-20-8-4-2-5-9-20/h3,6-8,10-11H,2,4-5,9,12-18H2,1H3,(H,25,28). The summed E-state index contributed by atoms with van der Waals surface area (Å²) < 4.78 is 5.47. The highest BCUT2D eigenvalue weighted by Crippen LogP contribution is 2.37. The Balaban J connectivity index is 1.55. The van der Waals surface area contributed by atoms with E-state index in [0.29, 0.717) is 32.5 Å². The quantitative estimate of drug-likeness (QED) is 0.552. The van der Waals surface area contributed by atoms with E-state index in [1.807, 2.05) is 30.3 Å². The van der Waals surface area contributed by atoms with Crippen LogP contribution in [-0.2, 0) is 24.5 Å². The van der Waals surface area contributed by atoms with Crippen LogP contribution < -0.4 is 5.32 Å². The molecule has 1 saturated heterocycles. The number of benzene rings is 1. The second-order valence-electron chi connectivity index (χ2n) is 8.24. The smallest absolute Gasteiger partial charge is 0.317 e. The molecule has 0 unspecified atom stereocenters. The van der Waals surface area contributed by atoms with Crippen molar-refractivity contribution >= 4 is 17.8 Å². The normalized spacial score (nSPS) is 18.3. The van der Waals surface area contributed by atoms with E-state index in [9.17, 15) is 14.4 Å². The first kappa shape index (κ1) is 22.1. The Morgan fingerprint density at radius 1 is 1.10 bits per heavy atom. The van der Waals surface area contributed by atoms with E-state index in [0.717, 1.165) is 24.8 Å². The molecule has 0 aromatic heterocycles. The van der Waals surface area contributed by atoms with Gasteiger partial charge >= 0.3 is 5.97 Å². The summed E-state index contributed by atoms with van der Waals surface area (Å²) in [7, 11) is 0. The summed E-state index contributed by atoms with van der Waals surface area (Å²) in [6.45, 7) is 2.84. The van der Waals surface area contributed by atoms with Crippen LogP contribution in [0.1, 0.15) is 57.4 Å². The van der Waals surface area contributed by atoms with Crippen LogP contribution in [0.4, 0.5) is 0 Å². The van der Waals surface area contributed by atoms with Crippen LogP contribution in [0.25, 0.3) is 0 Å². The van der Waals surface area contributed by atoms with Crippen LogP contribution in [0.15, 0.2) is 42.0 Å². The molecule has 30 heavy (non-hydrogen) atoms.